The van der Waals surface area contributed by atoms with E-state index >= 15 is 0 Å². The van der Waals surface area contributed by atoms with Crippen LogP contribution in [0.15, 0.2) is 41.1 Å². The van der Waals surface area contributed by atoms with E-state index in [1.165, 1.54) is 11.1 Å². The van der Waals surface area contributed by atoms with Crippen LogP contribution in [0.3, 0.4) is 0 Å². The fourth-order valence-electron chi connectivity index (χ4n) is 4.35. The highest BCUT2D eigenvalue weighted by molar-refractivity contribution is 7.08. The summed E-state index contributed by atoms with van der Waals surface area (Å²) >= 11 is 1.69. The van der Waals surface area contributed by atoms with Gasteiger partial charge in [-0.05, 0) is 65.6 Å². The first-order chi connectivity index (χ1) is 13.5. The average molecular weight is 397 g/mol. The summed E-state index contributed by atoms with van der Waals surface area (Å²) in [7, 11) is 0. The van der Waals surface area contributed by atoms with Crippen LogP contribution < -0.4 is 5.32 Å². The number of hydrogen-bond acceptors (Lipinski definition) is 3. The third-order valence-corrected chi connectivity index (χ3v) is 6.95. The number of rotatable bonds is 6. The van der Waals surface area contributed by atoms with Gasteiger partial charge in [0.25, 0.3) is 0 Å². The number of amides is 2. The van der Waals surface area contributed by atoms with Crippen molar-refractivity contribution in [3.8, 4) is 11.1 Å². The van der Waals surface area contributed by atoms with Crippen LogP contribution in [-0.2, 0) is 16.0 Å². The van der Waals surface area contributed by atoms with Gasteiger partial charge < -0.3 is 10.2 Å². The number of carbonyl (C=O) groups excluding carboxylic acids is 2. The average Bonchev–Trinajstić information content (AvgIpc) is 3.10. The minimum Gasteiger partial charge on any atom is -0.356 e. The predicted octanol–water partition coefficient (Wildman–Crippen LogP) is 3.97. The Kier molecular flexibility index (Phi) is 5.28. The number of likely N-dealkylation sites (tertiary alicyclic amines) is 1. The van der Waals surface area contributed by atoms with Gasteiger partial charge in [-0.1, -0.05) is 31.2 Å². The van der Waals surface area contributed by atoms with E-state index in [4.69, 9.17) is 0 Å². The maximum atomic E-state index is 13.0. The van der Waals surface area contributed by atoms with Gasteiger partial charge in [0.2, 0.25) is 11.8 Å². The molecule has 3 atom stereocenters. The SMILES string of the molecule is CCNC(=O)[C@]1(Cc2ccc(-c3ccsc3)cc2)CCN(C(=O)[C@H]2C[C@H]2C)C1. The zero-order valence-electron chi connectivity index (χ0n) is 16.6. The van der Waals surface area contributed by atoms with Crippen molar-refractivity contribution in [2.75, 3.05) is 19.6 Å². The summed E-state index contributed by atoms with van der Waals surface area (Å²) in [5.74, 6) is 0.995. The standard InChI is InChI=1S/C23H28N2O2S/c1-3-24-22(27)23(9-10-25(15-23)21(26)20-12-16(20)2)13-17-4-6-18(7-5-17)19-8-11-28-14-19/h4-8,11,14,16,20H,3,9-10,12-13,15H2,1-2H3,(H,24,27)/t16-,20+,23+/m1/s1. The lowest BCUT2D eigenvalue weighted by atomic mass is 9.79. The Bertz CT molecular complexity index is 846. The third kappa shape index (κ3) is 3.72. The van der Waals surface area contributed by atoms with Crippen LogP contribution in [0, 0.1) is 17.3 Å². The predicted molar refractivity (Wildman–Crippen MR) is 113 cm³/mol. The maximum absolute atomic E-state index is 13.0. The second-order valence-corrected chi connectivity index (χ2v) is 9.13. The number of carbonyl (C=O) groups is 2. The molecule has 1 aliphatic heterocycles. The Balaban J connectivity index is 1.52. The monoisotopic (exact) mass is 396 g/mol. The van der Waals surface area contributed by atoms with Gasteiger partial charge in [-0.2, -0.15) is 11.3 Å². The zero-order valence-corrected chi connectivity index (χ0v) is 17.4. The lowest BCUT2D eigenvalue weighted by molar-refractivity contribution is -0.134. The molecule has 0 spiro atoms. The molecule has 2 aromatic rings. The lowest BCUT2D eigenvalue weighted by Gasteiger charge is -2.28. The minimum atomic E-state index is -0.520. The fourth-order valence-corrected chi connectivity index (χ4v) is 5.02. The molecule has 28 heavy (non-hydrogen) atoms. The molecule has 0 radical (unpaired) electrons. The number of nitrogens with zero attached hydrogens (tertiary/aromatic N) is 1. The van der Waals surface area contributed by atoms with Crippen LogP contribution in [0.4, 0.5) is 0 Å². The van der Waals surface area contributed by atoms with Gasteiger partial charge in [-0.25, -0.2) is 0 Å². The first-order valence-electron chi connectivity index (χ1n) is 10.2. The van der Waals surface area contributed by atoms with E-state index in [0.29, 0.717) is 32.0 Å². The lowest BCUT2D eigenvalue weighted by Crippen LogP contribution is -2.45. The Labute approximate surface area is 170 Å². The van der Waals surface area contributed by atoms with Crippen LogP contribution in [0.2, 0.25) is 0 Å². The molecule has 1 saturated carbocycles. The van der Waals surface area contributed by atoms with Crippen LogP contribution in [0.5, 0.6) is 0 Å². The van der Waals surface area contributed by atoms with Crippen molar-refractivity contribution in [3.63, 3.8) is 0 Å². The Morgan fingerprint density at radius 1 is 1.21 bits per heavy atom. The van der Waals surface area contributed by atoms with Crippen LogP contribution in [0.25, 0.3) is 11.1 Å². The van der Waals surface area contributed by atoms with Crippen molar-refractivity contribution in [3.05, 3.63) is 46.7 Å². The van der Waals surface area contributed by atoms with E-state index in [1.807, 2.05) is 11.8 Å². The largest absolute Gasteiger partial charge is 0.356 e. The van der Waals surface area contributed by atoms with Crippen molar-refractivity contribution < 1.29 is 9.59 Å². The summed E-state index contributed by atoms with van der Waals surface area (Å²) in [6.07, 6.45) is 2.40. The molecule has 2 fully saturated rings. The number of hydrogen-bond donors (Lipinski definition) is 1. The van der Waals surface area contributed by atoms with E-state index in [0.717, 1.165) is 18.4 Å². The molecular formula is C23H28N2O2S. The van der Waals surface area contributed by atoms with Crippen molar-refractivity contribution in [2.24, 2.45) is 17.3 Å². The van der Waals surface area contributed by atoms with Gasteiger partial charge >= 0.3 is 0 Å². The first kappa shape index (κ1) is 19.2. The molecule has 1 saturated heterocycles. The molecule has 1 aromatic carbocycles. The highest BCUT2D eigenvalue weighted by atomic mass is 32.1. The molecule has 2 amide bonds. The molecular weight excluding hydrogens is 368 g/mol. The van der Waals surface area contributed by atoms with Gasteiger partial charge in [-0.3, -0.25) is 9.59 Å². The number of benzene rings is 1. The summed E-state index contributed by atoms with van der Waals surface area (Å²) in [5.41, 5.74) is 3.06. The normalized spacial score (nSPS) is 26.3. The molecule has 0 bridgehead atoms. The van der Waals surface area contributed by atoms with Crippen molar-refractivity contribution in [1.29, 1.82) is 0 Å². The summed E-state index contributed by atoms with van der Waals surface area (Å²) in [5, 5.41) is 7.24. The van der Waals surface area contributed by atoms with Gasteiger partial charge in [-0.15, -0.1) is 0 Å². The maximum Gasteiger partial charge on any atom is 0.228 e. The molecule has 0 unspecified atom stereocenters. The number of thiophene rings is 1. The smallest absolute Gasteiger partial charge is 0.228 e. The Morgan fingerprint density at radius 2 is 1.96 bits per heavy atom. The molecule has 1 aromatic heterocycles. The third-order valence-electron chi connectivity index (χ3n) is 6.26. The summed E-state index contributed by atoms with van der Waals surface area (Å²) < 4.78 is 0. The van der Waals surface area contributed by atoms with Crippen LogP contribution >= 0.6 is 11.3 Å². The fraction of sp³-hybridized carbons (Fsp3) is 0.478. The van der Waals surface area contributed by atoms with E-state index in [2.05, 4.69) is 53.3 Å². The minimum absolute atomic E-state index is 0.0797. The van der Waals surface area contributed by atoms with Crippen molar-refractivity contribution in [2.45, 2.75) is 33.1 Å². The van der Waals surface area contributed by atoms with E-state index in [-0.39, 0.29) is 17.7 Å². The summed E-state index contributed by atoms with van der Waals surface area (Å²) in [4.78, 5) is 27.6. The topological polar surface area (TPSA) is 49.4 Å². The molecule has 4 rings (SSSR count). The quantitative estimate of drug-likeness (QED) is 0.803. The summed E-state index contributed by atoms with van der Waals surface area (Å²) in [6.45, 7) is 5.92. The zero-order chi connectivity index (χ0) is 19.7. The molecule has 148 valence electrons. The van der Waals surface area contributed by atoms with Crippen LogP contribution in [-0.4, -0.2) is 36.3 Å². The first-order valence-corrected chi connectivity index (χ1v) is 11.2. The van der Waals surface area contributed by atoms with E-state index in [9.17, 15) is 9.59 Å². The molecule has 4 nitrogen and oxygen atoms in total. The Morgan fingerprint density at radius 3 is 2.57 bits per heavy atom. The van der Waals surface area contributed by atoms with E-state index in [1.54, 1.807) is 11.3 Å². The molecule has 1 aliphatic carbocycles. The second kappa shape index (κ2) is 7.70. The Hall–Kier alpha value is -2.14. The molecule has 1 N–H and O–H groups in total. The van der Waals surface area contributed by atoms with Crippen molar-refractivity contribution in [1.82, 2.24) is 10.2 Å². The molecule has 2 heterocycles. The van der Waals surface area contributed by atoms with Crippen LogP contribution in [0.1, 0.15) is 32.3 Å². The summed E-state index contributed by atoms with van der Waals surface area (Å²) in [6, 6.07) is 10.6. The highest BCUT2D eigenvalue weighted by Crippen LogP contribution is 2.42. The van der Waals surface area contributed by atoms with E-state index < -0.39 is 5.41 Å². The van der Waals surface area contributed by atoms with Gasteiger partial charge in [0.1, 0.15) is 0 Å². The van der Waals surface area contributed by atoms with Gasteiger partial charge in [0, 0.05) is 25.6 Å². The van der Waals surface area contributed by atoms with Gasteiger partial charge in [0.15, 0.2) is 0 Å². The molecule has 5 heteroatoms. The highest BCUT2D eigenvalue weighted by Gasteiger charge is 2.49. The van der Waals surface area contributed by atoms with Gasteiger partial charge in [0.05, 0.1) is 5.41 Å². The number of nitrogens with one attached hydrogen (secondary N) is 1. The van der Waals surface area contributed by atoms with Crippen molar-refractivity contribution >= 4 is 23.2 Å². The second-order valence-electron chi connectivity index (χ2n) is 8.35. The molecule has 2 aliphatic rings.